The van der Waals surface area contributed by atoms with Crippen molar-refractivity contribution in [2.24, 2.45) is 0 Å². The highest BCUT2D eigenvalue weighted by Gasteiger charge is 2.14. The third kappa shape index (κ3) is 11.0. The van der Waals surface area contributed by atoms with Gasteiger partial charge >= 0.3 is 0 Å². The smallest absolute Gasteiger partial charge is 0.263 e. The summed E-state index contributed by atoms with van der Waals surface area (Å²) in [5, 5.41) is 11.4. The predicted octanol–water partition coefficient (Wildman–Crippen LogP) is 4.08. The Bertz CT molecular complexity index is 334. The summed E-state index contributed by atoms with van der Waals surface area (Å²) >= 11 is 0. The lowest BCUT2D eigenvalue weighted by Gasteiger charge is -2.18. The van der Waals surface area contributed by atoms with Gasteiger partial charge in [-0.1, -0.05) is 59.0 Å². The quantitative estimate of drug-likeness (QED) is 0.241. The highest BCUT2D eigenvalue weighted by molar-refractivity contribution is 5.96. The Morgan fingerprint density at radius 3 is 2.33 bits per heavy atom. The third-order valence-electron chi connectivity index (χ3n) is 3.29. The Morgan fingerprint density at radius 1 is 1.14 bits per heavy atom. The molecule has 0 fully saturated rings. The van der Waals surface area contributed by atoms with E-state index >= 15 is 0 Å². The van der Waals surface area contributed by atoms with Crippen LogP contribution in [0, 0.1) is 11.3 Å². The summed E-state index contributed by atoms with van der Waals surface area (Å²) in [6, 6.07) is 1.76. The van der Waals surface area contributed by atoms with Gasteiger partial charge in [0.1, 0.15) is 17.9 Å². The normalized spacial score (nSPS) is 11.7. The highest BCUT2D eigenvalue weighted by Crippen LogP contribution is 2.11. The van der Waals surface area contributed by atoms with Crippen LogP contribution in [-0.2, 0) is 9.53 Å². The maximum Gasteiger partial charge on any atom is 0.263 e. The number of carbonyl (C=O) groups is 1. The van der Waals surface area contributed by atoms with Crippen LogP contribution in [0.2, 0.25) is 0 Å². The SMILES string of the molecule is C=C(C#N)C(=O)NC(CCCCCCCCC)OCCC. The number of hydrogen-bond acceptors (Lipinski definition) is 3. The van der Waals surface area contributed by atoms with Gasteiger partial charge in [-0.25, -0.2) is 0 Å². The van der Waals surface area contributed by atoms with E-state index in [1.807, 2.05) is 6.92 Å². The highest BCUT2D eigenvalue weighted by atomic mass is 16.5. The van der Waals surface area contributed by atoms with Crippen molar-refractivity contribution in [3.63, 3.8) is 0 Å². The summed E-state index contributed by atoms with van der Waals surface area (Å²) in [5.74, 6) is -0.429. The lowest BCUT2D eigenvalue weighted by atomic mass is 10.1. The van der Waals surface area contributed by atoms with E-state index in [1.54, 1.807) is 6.07 Å². The number of carbonyl (C=O) groups excluding carboxylic acids is 1. The Kier molecular flexibility index (Phi) is 12.8. The first-order valence-corrected chi connectivity index (χ1v) is 8.17. The van der Waals surface area contributed by atoms with Gasteiger partial charge in [0.15, 0.2) is 0 Å². The fourth-order valence-electron chi connectivity index (χ4n) is 2.03. The van der Waals surface area contributed by atoms with Gasteiger partial charge in [-0.2, -0.15) is 5.26 Å². The Balaban J connectivity index is 3.93. The molecular formula is C17H30N2O2. The van der Waals surface area contributed by atoms with Crippen molar-refractivity contribution < 1.29 is 9.53 Å². The van der Waals surface area contributed by atoms with Gasteiger partial charge in [-0.3, -0.25) is 4.79 Å². The molecule has 0 aliphatic heterocycles. The lowest BCUT2D eigenvalue weighted by Crippen LogP contribution is -2.37. The molecule has 0 aromatic heterocycles. The fourth-order valence-corrected chi connectivity index (χ4v) is 2.03. The van der Waals surface area contributed by atoms with Gasteiger partial charge < -0.3 is 10.1 Å². The van der Waals surface area contributed by atoms with E-state index in [9.17, 15) is 4.79 Å². The van der Waals surface area contributed by atoms with E-state index < -0.39 is 5.91 Å². The molecule has 1 atom stereocenters. The molecule has 0 aliphatic rings. The molecule has 0 heterocycles. The van der Waals surface area contributed by atoms with Crippen molar-refractivity contribution in [3.8, 4) is 6.07 Å². The van der Waals surface area contributed by atoms with Gasteiger partial charge in [0, 0.05) is 6.61 Å². The zero-order chi connectivity index (χ0) is 15.9. The largest absolute Gasteiger partial charge is 0.359 e. The van der Waals surface area contributed by atoms with Crippen LogP contribution in [0.3, 0.4) is 0 Å². The Hall–Kier alpha value is -1.34. The minimum Gasteiger partial charge on any atom is -0.359 e. The van der Waals surface area contributed by atoms with E-state index in [2.05, 4.69) is 18.8 Å². The second-order valence-electron chi connectivity index (χ2n) is 5.33. The number of ether oxygens (including phenoxy) is 1. The van der Waals surface area contributed by atoms with Crippen molar-refractivity contribution in [1.29, 1.82) is 5.26 Å². The van der Waals surface area contributed by atoms with Gasteiger partial charge in [0.2, 0.25) is 0 Å². The number of hydrogen-bond donors (Lipinski definition) is 1. The maximum absolute atomic E-state index is 11.6. The number of nitrogens with zero attached hydrogens (tertiary/aromatic N) is 1. The summed E-state index contributed by atoms with van der Waals surface area (Å²) in [5.41, 5.74) is -0.0698. The van der Waals surface area contributed by atoms with Gasteiger partial charge in [-0.15, -0.1) is 0 Å². The van der Waals surface area contributed by atoms with E-state index in [0.717, 1.165) is 25.7 Å². The molecule has 0 spiro atoms. The summed E-state index contributed by atoms with van der Waals surface area (Å²) < 4.78 is 5.62. The minimum absolute atomic E-state index is 0.0698. The van der Waals surface area contributed by atoms with Crippen LogP contribution < -0.4 is 5.32 Å². The molecule has 0 aromatic carbocycles. The lowest BCUT2D eigenvalue weighted by molar-refractivity contribution is -0.121. The van der Waals surface area contributed by atoms with E-state index in [4.69, 9.17) is 10.00 Å². The van der Waals surface area contributed by atoms with E-state index in [0.29, 0.717) is 6.61 Å². The monoisotopic (exact) mass is 294 g/mol. The first-order valence-electron chi connectivity index (χ1n) is 8.17. The topological polar surface area (TPSA) is 62.1 Å². The predicted molar refractivity (Wildman–Crippen MR) is 85.5 cm³/mol. The Morgan fingerprint density at radius 2 is 1.76 bits per heavy atom. The van der Waals surface area contributed by atoms with Gasteiger partial charge in [0.25, 0.3) is 5.91 Å². The van der Waals surface area contributed by atoms with Gasteiger partial charge in [-0.05, 0) is 19.3 Å². The van der Waals surface area contributed by atoms with E-state index in [1.165, 1.54) is 32.1 Å². The standard InChI is InChI=1S/C17H30N2O2/c1-4-6-7-8-9-10-11-12-16(21-13-5-2)19-17(20)15(3)14-18/h16H,3-13H2,1-2H3,(H,19,20). The van der Waals surface area contributed by atoms with Crippen LogP contribution in [0.25, 0.3) is 0 Å². The van der Waals surface area contributed by atoms with Crippen LogP contribution in [0.1, 0.15) is 71.6 Å². The van der Waals surface area contributed by atoms with Crippen LogP contribution in [-0.4, -0.2) is 18.7 Å². The fraction of sp³-hybridized carbons (Fsp3) is 0.765. The van der Waals surface area contributed by atoms with Crippen LogP contribution >= 0.6 is 0 Å². The summed E-state index contributed by atoms with van der Waals surface area (Å²) in [4.78, 5) is 11.6. The molecule has 0 bridgehead atoms. The first kappa shape index (κ1) is 19.7. The zero-order valence-corrected chi connectivity index (χ0v) is 13.6. The summed E-state index contributed by atoms with van der Waals surface area (Å²) in [6.07, 6.45) is 9.98. The average Bonchev–Trinajstić information content (AvgIpc) is 2.50. The molecule has 120 valence electrons. The van der Waals surface area contributed by atoms with Crippen molar-refractivity contribution >= 4 is 5.91 Å². The molecule has 0 aliphatic carbocycles. The minimum atomic E-state index is -0.429. The van der Waals surface area contributed by atoms with E-state index in [-0.39, 0.29) is 11.8 Å². The summed E-state index contributed by atoms with van der Waals surface area (Å²) in [6.45, 7) is 8.27. The maximum atomic E-state index is 11.6. The third-order valence-corrected chi connectivity index (χ3v) is 3.29. The molecule has 0 saturated heterocycles. The second kappa shape index (κ2) is 13.6. The van der Waals surface area contributed by atoms with Crippen molar-refractivity contribution in [2.75, 3.05) is 6.61 Å². The molecule has 1 amide bonds. The number of nitrogens with one attached hydrogen (secondary N) is 1. The van der Waals surface area contributed by atoms with Gasteiger partial charge in [0.05, 0.1) is 0 Å². The molecule has 4 heteroatoms. The molecule has 0 rings (SSSR count). The molecule has 4 nitrogen and oxygen atoms in total. The molecule has 0 radical (unpaired) electrons. The Labute approximate surface area is 129 Å². The molecule has 0 aromatic rings. The number of unbranched alkanes of at least 4 members (excludes halogenated alkanes) is 6. The molecular weight excluding hydrogens is 264 g/mol. The zero-order valence-electron chi connectivity index (χ0n) is 13.6. The van der Waals surface area contributed by atoms with Crippen LogP contribution in [0.15, 0.2) is 12.2 Å². The first-order chi connectivity index (χ1) is 10.2. The molecule has 1 unspecified atom stereocenters. The van der Waals surface area contributed by atoms with Crippen LogP contribution in [0.4, 0.5) is 0 Å². The van der Waals surface area contributed by atoms with Crippen molar-refractivity contribution in [3.05, 3.63) is 12.2 Å². The second-order valence-corrected chi connectivity index (χ2v) is 5.33. The number of nitriles is 1. The van der Waals surface area contributed by atoms with Crippen molar-refractivity contribution in [1.82, 2.24) is 5.32 Å². The average molecular weight is 294 g/mol. The molecule has 1 N–H and O–H groups in total. The number of rotatable bonds is 13. The van der Waals surface area contributed by atoms with Crippen molar-refractivity contribution in [2.45, 2.75) is 77.9 Å². The van der Waals surface area contributed by atoms with Crippen LogP contribution in [0.5, 0.6) is 0 Å². The molecule has 0 saturated carbocycles. The molecule has 21 heavy (non-hydrogen) atoms. The summed E-state index contributed by atoms with van der Waals surface area (Å²) in [7, 11) is 0. The number of amides is 1.